The van der Waals surface area contributed by atoms with Gasteiger partial charge in [-0.3, -0.25) is 4.79 Å². The lowest BCUT2D eigenvalue weighted by molar-refractivity contribution is -0.128. The van der Waals surface area contributed by atoms with E-state index < -0.39 is 12.1 Å². The number of benzene rings is 1. The van der Waals surface area contributed by atoms with Gasteiger partial charge in [0, 0.05) is 6.04 Å². The average molecular weight is 333 g/mol. The third-order valence-corrected chi connectivity index (χ3v) is 4.99. The maximum Gasteiger partial charge on any atom is 0.337 e. The topological polar surface area (TPSA) is 64.6 Å². The Balaban J connectivity index is 1.90. The molecule has 0 radical (unpaired) electrons. The molecule has 5 heteroatoms. The lowest BCUT2D eigenvalue weighted by atomic mass is 9.78. The number of esters is 1. The Morgan fingerprint density at radius 2 is 1.83 bits per heavy atom. The molecule has 1 amide bonds. The lowest BCUT2D eigenvalue weighted by Gasteiger charge is -2.35. The summed E-state index contributed by atoms with van der Waals surface area (Å²) in [5.74, 6) is 1.17. The first-order valence-electron chi connectivity index (χ1n) is 8.57. The maximum absolute atomic E-state index is 12.4. The van der Waals surface area contributed by atoms with Crippen molar-refractivity contribution in [2.24, 2.45) is 11.8 Å². The van der Waals surface area contributed by atoms with E-state index in [2.05, 4.69) is 23.9 Å². The Morgan fingerprint density at radius 1 is 1.17 bits per heavy atom. The van der Waals surface area contributed by atoms with Gasteiger partial charge in [-0.05, 0) is 49.4 Å². The summed E-state index contributed by atoms with van der Waals surface area (Å²) in [6.45, 7) is 6.18. The van der Waals surface area contributed by atoms with Crippen LogP contribution in [0.15, 0.2) is 24.3 Å². The van der Waals surface area contributed by atoms with Crippen molar-refractivity contribution >= 4 is 11.9 Å². The van der Waals surface area contributed by atoms with Gasteiger partial charge in [0.25, 0.3) is 5.91 Å². The van der Waals surface area contributed by atoms with Crippen molar-refractivity contribution < 1.29 is 19.1 Å². The number of carbonyl (C=O) groups excluding carboxylic acids is 2. The van der Waals surface area contributed by atoms with Gasteiger partial charge in [-0.1, -0.05) is 26.7 Å². The Kier molecular flexibility index (Phi) is 6.23. The summed E-state index contributed by atoms with van der Waals surface area (Å²) < 4.78 is 10.3. The van der Waals surface area contributed by atoms with Gasteiger partial charge in [0.1, 0.15) is 5.75 Å². The molecule has 0 aliphatic heterocycles. The first-order valence-corrected chi connectivity index (χ1v) is 8.57. The van der Waals surface area contributed by atoms with Gasteiger partial charge in [-0.15, -0.1) is 0 Å². The summed E-state index contributed by atoms with van der Waals surface area (Å²) in [4.78, 5) is 23.8. The highest BCUT2D eigenvalue weighted by atomic mass is 16.5. The van der Waals surface area contributed by atoms with Gasteiger partial charge in [0.05, 0.1) is 12.7 Å². The molecule has 1 aromatic rings. The number of nitrogens with one attached hydrogen (secondary N) is 1. The Hall–Kier alpha value is -2.04. The molecule has 1 saturated carbocycles. The van der Waals surface area contributed by atoms with Crippen LogP contribution in [0.3, 0.4) is 0 Å². The summed E-state index contributed by atoms with van der Waals surface area (Å²) in [7, 11) is 1.34. The van der Waals surface area contributed by atoms with Crippen molar-refractivity contribution in [3.8, 4) is 5.75 Å². The quantitative estimate of drug-likeness (QED) is 0.841. The molecule has 0 heterocycles. The molecule has 24 heavy (non-hydrogen) atoms. The van der Waals surface area contributed by atoms with Crippen LogP contribution in [0.2, 0.25) is 0 Å². The van der Waals surface area contributed by atoms with Crippen LogP contribution in [0.1, 0.15) is 50.4 Å². The van der Waals surface area contributed by atoms with E-state index in [0.29, 0.717) is 23.1 Å². The van der Waals surface area contributed by atoms with Crippen molar-refractivity contribution in [3.05, 3.63) is 29.8 Å². The van der Waals surface area contributed by atoms with E-state index in [0.717, 1.165) is 12.8 Å². The van der Waals surface area contributed by atoms with Crippen molar-refractivity contribution in [1.82, 2.24) is 5.32 Å². The zero-order chi connectivity index (χ0) is 17.7. The molecular weight excluding hydrogens is 306 g/mol. The molecule has 132 valence electrons. The van der Waals surface area contributed by atoms with Gasteiger partial charge in [-0.25, -0.2) is 4.79 Å². The normalized spacial score (nSPS) is 24.8. The number of carbonyl (C=O) groups is 2. The fourth-order valence-electron chi connectivity index (χ4n) is 3.13. The molecule has 1 aliphatic rings. The minimum absolute atomic E-state index is 0.0991. The lowest BCUT2D eigenvalue weighted by Crippen LogP contribution is -2.48. The minimum atomic E-state index is -0.585. The van der Waals surface area contributed by atoms with Crippen LogP contribution in [-0.2, 0) is 9.53 Å². The fourth-order valence-corrected chi connectivity index (χ4v) is 3.13. The predicted octanol–water partition coefficient (Wildman–Crippen LogP) is 3.18. The summed E-state index contributed by atoms with van der Waals surface area (Å²) in [5.41, 5.74) is 0.451. The molecule has 0 unspecified atom stereocenters. The van der Waals surface area contributed by atoms with E-state index in [4.69, 9.17) is 4.74 Å². The first-order chi connectivity index (χ1) is 11.4. The van der Waals surface area contributed by atoms with Crippen molar-refractivity contribution in [1.29, 1.82) is 0 Å². The van der Waals surface area contributed by atoms with Crippen molar-refractivity contribution in [2.45, 2.75) is 52.2 Å². The predicted molar refractivity (Wildman–Crippen MR) is 92.0 cm³/mol. The number of ether oxygens (including phenoxy) is 2. The zero-order valence-electron chi connectivity index (χ0n) is 14.9. The van der Waals surface area contributed by atoms with Crippen LogP contribution in [0.5, 0.6) is 5.75 Å². The molecule has 1 aliphatic carbocycles. The molecule has 4 atom stereocenters. The van der Waals surface area contributed by atoms with Crippen LogP contribution in [0.4, 0.5) is 0 Å². The van der Waals surface area contributed by atoms with Gasteiger partial charge < -0.3 is 14.8 Å². The summed E-state index contributed by atoms with van der Waals surface area (Å²) in [6.07, 6.45) is 2.82. The van der Waals surface area contributed by atoms with Gasteiger partial charge in [-0.2, -0.15) is 0 Å². The molecule has 0 bridgehead atoms. The number of hydrogen-bond donors (Lipinski definition) is 1. The Bertz CT molecular complexity index is 569. The molecule has 5 nitrogen and oxygen atoms in total. The highest BCUT2D eigenvalue weighted by Crippen LogP contribution is 2.29. The maximum atomic E-state index is 12.4. The molecule has 1 fully saturated rings. The van der Waals surface area contributed by atoms with Crippen LogP contribution in [-0.4, -0.2) is 31.1 Å². The minimum Gasteiger partial charge on any atom is -0.481 e. The molecule has 0 aromatic heterocycles. The molecule has 2 rings (SSSR count). The van der Waals surface area contributed by atoms with Gasteiger partial charge >= 0.3 is 5.97 Å². The largest absolute Gasteiger partial charge is 0.481 e. The molecule has 0 spiro atoms. The van der Waals surface area contributed by atoms with Crippen molar-refractivity contribution in [2.75, 3.05) is 7.11 Å². The Morgan fingerprint density at radius 3 is 2.46 bits per heavy atom. The second-order valence-electron chi connectivity index (χ2n) is 6.66. The summed E-state index contributed by atoms with van der Waals surface area (Å²) >= 11 is 0. The number of hydrogen-bond acceptors (Lipinski definition) is 4. The number of methoxy groups -OCH3 is 1. The first kappa shape index (κ1) is 18.3. The van der Waals surface area contributed by atoms with E-state index in [-0.39, 0.29) is 11.9 Å². The molecular formula is C19H27NO4. The highest BCUT2D eigenvalue weighted by Gasteiger charge is 2.29. The van der Waals surface area contributed by atoms with Crippen molar-refractivity contribution in [3.63, 3.8) is 0 Å². The fraction of sp³-hybridized carbons (Fsp3) is 0.579. The second-order valence-corrected chi connectivity index (χ2v) is 6.66. The van der Waals surface area contributed by atoms with Crippen LogP contribution < -0.4 is 10.1 Å². The number of rotatable bonds is 5. The van der Waals surface area contributed by atoms with E-state index in [1.165, 1.54) is 13.5 Å². The average Bonchev–Trinajstić information content (AvgIpc) is 2.58. The molecule has 0 saturated heterocycles. The van der Waals surface area contributed by atoms with Crippen LogP contribution in [0, 0.1) is 11.8 Å². The van der Waals surface area contributed by atoms with E-state index in [1.807, 2.05) is 0 Å². The van der Waals surface area contributed by atoms with Crippen LogP contribution >= 0.6 is 0 Å². The summed E-state index contributed by atoms with van der Waals surface area (Å²) in [5, 5.41) is 3.12. The van der Waals surface area contributed by atoms with Gasteiger partial charge in [0.2, 0.25) is 0 Å². The highest BCUT2D eigenvalue weighted by molar-refractivity contribution is 5.89. The SMILES string of the molecule is COC(=O)c1ccc(O[C@H](C)C(=O)N[C@@H]2CCC[C@H](C)[C@H]2C)cc1. The van der Waals surface area contributed by atoms with Crippen LogP contribution in [0.25, 0.3) is 0 Å². The third-order valence-electron chi connectivity index (χ3n) is 4.99. The second kappa shape index (κ2) is 8.18. The van der Waals surface area contributed by atoms with E-state index >= 15 is 0 Å². The molecule has 1 N–H and O–H groups in total. The molecule has 1 aromatic carbocycles. The third kappa shape index (κ3) is 4.49. The van der Waals surface area contributed by atoms with Gasteiger partial charge in [0.15, 0.2) is 6.10 Å². The number of amides is 1. The van der Waals surface area contributed by atoms with E-state index in [1.54, 1.807) is 31.2 Å². The smallest absolute Gasteiger partial charge is 0.337 e. The monoisotopic (exact) mass is 333 g/mol. The van der Waals surface area contributed by atoms with E-state index in [9.17, 15) is 9.59 Å². The summed E-state index contributed by atoms with van der Waals surface area (Å²) in [6, 6.07) is 6.80. The zero-order valence-corrected chi connectivity index (χ0v) is 14.9. The Labute approximate surface area is 143 Å². The standard InChI is InChI=1S/C19H27NO4/c1-12-6-5-7-17(13(12)2)20-18(21)14(3)24-16-10-8-15(9-11-16)19(22)23-4/h8-14,17H,5-7H2,1-4H3,(H,20,21)/t12-,13+,14+,17+/m0/s1.